The normalized spacial score (nSPS) is 28.8. The van der Waals surface area contributed by atoms with Crippen LogP contribution in [0.2, 0.25) is 0 Å². The second-order valence-electron chi connectivity index (χ2n) is 6.71. The number of hydrazine groups is 1. The lowest BCUT2D eigenvalue weighted by atomic mass is 9.71. The largest absolute Gasteiger partial charge is 0.291 e. The van der Waals surface area contributed by atoms with Crippen LogP contribution in [0, 0.1) is 16.7 Å². The van der Waals surface area contributed by atoms with Crippen LogP contribution in [0.5, 0.6) is 0 Å². The van der Waals surface area contributed by atoms with Crippen molar-refractivity contribution in [3.8, 4) is 0 Å². The predicted molar refractivity (Wildman–Crippen MR) is 62.1 cm³/mol. The lowest BCUT2D eigenvalue weighted by molar-refractivity contribution is -0.134. The maximum absolute atomic E-state index is 11.7. The van der Waals surface area contributed by atoms with Crippen molar-refractivity contribution in [2.24, 2.45) is 16.7 Å². The molecule has 0 saturated carbocycles. The van der Waals surface area contributed by atoms with Gasteiger partial charge in [-0.25, -0.2) is 5.43 Å². The summed E-state index contributed by atoms with van der Waals surface area (Å²) < 4.78 is 0. The van der Waals surface area contributed by atoms with E-state index in [2.05, 4.69) is 52.4 Å². The van der Waals surface area contributed by atoms with Gasteiger partial charge >= 0.3 is 0 Å². The number of rotatable bonds is 0. The highest BCUT2D eigenvalue weighted by Gasteiger charge is 2.40. The summed E-state index contributed by atoms with van der Waals surface area (Å²) in [6.45, 7) is 13.0. The Morgan fingerprint density at radius 1 is 1.07 bits per heavy atom. The first-order valence-electron chi connectivity index (χ1n) is 5.68. The minimum absolute atomic E-state index is 0.0374. The van der Waals surface area contributed by atoms with Gasteiger partial charge < -0.3 is 0 Å². The average Bonchev–Trinajstić information content (AvgIpc) is 2.00. The van der Waals surface area contributed by atoms with Crippen LogP contribution >= 0.6 is 0 Å². The molecule has 0 radical (unpaired) electrons. The zero-order chi connectivity index (χ0) is 11.9. The number of carbonyl (C=O) groups is 1. The molecule has 2 unspecified atom stereocenters. The number of hydrogen-bond donors (Lipinski definition) is 2. The second kappa shape index (κ2) is 3.78. The maximum Gasteiger partial charge on any atom is 0.237 e. The van der Waals surface area contributed by atoms with Gasteiger partial charge in [-0.1, -0.05) is 41.5 Å². The fourth-order valence-electron chi connectivity index (χ4n) is 1.96. The summed E-state index contributed by atoms with van der Waals surface area (Å²) in [5.74, 6) is 0.228. The van der Waals surface area contributed by atoms with Gasteiger partial charge in [-0.2, -0.15) is 0 Å². The van der Waals surface area contributed by atoms with Gasteiger partial charge in [0.2, 0.25) is 5.91 Å². The molecule has 0 spiro atoms. The van der Waals surface area contributed by atoms with E-state index >= 15 is 0 Å². The van der Waals surface area contributed by atoms with Crippen molar-refractivity contribution < 1.29 is 4.79 Å². The Morgan fingerprint density at radius 3 is 2.00 bits per heavy atom. The monoisotopic (exact) mass is 212 g/mol. The standard InChI is InChI=1S/C12H24N2O/c1-11(2,3)8-7-9(12(4,5)6)13-14-10(8)15/h8-9,13H,7H2,1-6H3,(H,14,15). The molecule has 0 aromatic rings. The van der Waals surface area contributed by atoms with Gasteiger partial charge in [0, 0.05) is 12.0 Å². The molecule has 3 heteroatoms. The van der Waals surface area contributed by atoms with Crippen LogP contribution < -0.4 is 10.9 Å². The Labute approximate surface area is 93.0 Å². The molecule has 1 rings (SSSR count). The van der Waals surface area contributed by atoms with E-state index in [1.165, 1.54) is 0 Å². The topological polar surface area (TPSA) is 41.1 Å². The molecule has 1 fully saturated rings. The summed E-state index contributed by atoms with van der Waals surface area (Å²) in [7, 11) is 0. The Bertz CT molecular complexity index is 247. The van der Waals surface area contributed by atoms with Gasteiger partial charge in [-0.15, -0.1) is 0 Å². The maximum atomic E-state index is 11.7. The number of amides is 1. The summed E-state index contributed by atoms with van der Waals surface area (Å²) in [6, 6.07) is 0.347. The smallest absolute Gasteiger partial charge is 0.237 e. The van der Waals surface area contributed by atoms with Crippen LogP contribution in [0.25, 0.3) is 0 Å². The Hall–Kier alpha value is -0.570. The van der Waals surface area contributed by atoms with Gasteiger partial charge in [0.1, 0.15) is 0 Å². The first-order valence-corrected chi connectivity index (χ1v) is 5.68. The molecular weight excluding hydrogens is 188 g/mol. The minimum Gasteiger partial charge on any atom is -0.291 e. The van der Waals surface area contributed by atoms with Gasteiger partial charge in [-0.05, 0) is 17.3 Å². The molecule has 88 valence electrons. The van der Waals surface area contributed by atoms with Crippen molar-refractivity contribution in [3.63, 3.8) is 0 Å². The molecule has 0 bridgehead atoms. The summed E-state index contributed by atoms with van der Waals surface area (Å²) in [4.78, 5) is 11.7. The van der Waals surface area contributed by atoms with Gasteiger partial charge in [0.15, 0.2) is 0 Å². The van der Waals surface area contributed by atoms with E-state index in [1.807, 2.05) is 0 Å². The van der Waals surface area contributed by atoms with Gasteiger partial charge in [-0.3, -0.25) is 10.2 Å². The van der Waals surface area contributed by atoms with Crippen molar-refractivity contribution in [3.05, 3.63) is 0 Å². The molecule has 1 aliphatic rings. The average molecular weight is 212 g/mol. The number of carbonyl (C=O) groups excluding carboxylic acids is 1. The van der Waals surface area contributed by atoms with E-state index in [1.54, 1.807) is 0 Å². The van der Waals surface area contributed by atoms with Gasteiger partial charge in [0.05, 0.1) is 0 Å². The van der Waals surface area contributed by atoms with E-state index in [0.717, 1.165) is 6.42 Å². The molecule has 1 aliphatic heterocycles. The van der Waals surface area contributed by atoms with Crippen molar-refractivity contribution in [2.75, 3.05) is 0 Å². The summed E-state index contributed by atoms with van der Waals surface area (Å²) in [6.07, 6.45) is 0.916. The summed E-state index contributed by atoms with van der Waals surface area (Å²) >= 11 is 0. The molecule has 1 saturated heterocycles. The molecule has 1 amide bonds. The predicted octanol–water partition coefficient (Wildman–Crippen LogP) is 2.09. The molecular formula is C12H24N2O. The van der Waals surface area contributed by atoms with Gasteiger partial charge in [0.25, 0.3) is 0 Å². The third kappa shape index (κ3) is 2.94. The van der Waals surface area contributed by atoms with Crippen molar-refractivity contribution in [2.45, 2.75) is 54.0 Å². The Balaban J connectivity index is 2.78. The van der Waals surface area contributed by atoms with Crippen LogP contribution in [0.15, 0.2) is 0 Å². The van der Waals surface area contributed by atoms with E-state index in [-0.39, 0.29) is 22.7 Å². The molecule has 3 nitrogen and oxygen atoms in total. The quantitative estimate of drug-likeness (QED) is 0.645. The van der Waals surface area contributed by atoms with Crippen LogP contribution in [0.4, 0.5) is 0 Å². The second-order valence-corrected chi connectivity index (χ2v) is 6.71. The number of nitrogens with one attached hydrogen (secondary N) is 2. The van der Waals surface area contributed by atoms with Crippen LogP contribution in [0.3, 0.4) is 0 Å². The van der Waals surface area contributed by atoms with E-state index in [4.69, 9.17) is 0 Å². The molecule has 0 aromatic carbocycles. The Kier molecular flexibility index (Phi) is 3.15. The van der Waals surface area contributed by atoms with Crippen molar-refractivity contribution in [1.82, 2.24) is 10.9 Å². The lowest BCUT2D eigenvalue weighted by Crippen LogP contribution is -2.59. The molecule has 2 atom stereocenters. The van der Waals surface area contributed by atoms with Crippen molar-refractivity contribution >= 4 is 5.91 Å². The third-order valence-corrected chi connectivity index (χ3v) is 3.25. The fraction of sp³-hybridized carbons (Fsp3) is 0.917. The fourth-order valence-corrected chi connectivity index (χ4v) is 1.96. The molecule has 1 heterocycles. The summed E-state index contributed by atoms with van der Waals surface area (Å²) in [5.41, 5.74) is 6.13. The van der Waals surface area contributed by atoms with Crippen LogP contribution in [-0.2, 0) is 4.79 Å². The number of hydrogen-bond acceptors (Lipinski definition) is 2. The Morgan fingerprint density at radius 2 is 1.60 bits per heavy atom. The van der Waals surface area contributed by atoms with Crippen molar-refractivity contribution in [1.29, 1.82) is 0 Å². The third-order valence-electron chi connectivity index (χ3n) is 3.25. The summed E-state index contributed by atoms with van der Waals surface area (Å²) in [5, 5.41) is 0. The highest BCUT2D eigenvalue weighted by atomic mass is 16.2. The zero-order valence-electron chi connectivity index (χ0n) is 10.8. The minimum atomic E-state index is 0.0374. The van der Waals surface area contributed by atoms with Crippen LogP contribution in [-0.4, -0.2) is 11.9 Å². The van der Waals surface area contributed by atoms with Crippen LogP contribution in [0.1, 0.15) is 48.0 Å². The first-order chi connectivity index (χ1) is 6.62. The lowest BCUT2D eigenvalue weighted by Gasteiger charge is -2.42. The molecule has 0 aliphatic carbocycles. The highest BCUT2D eigenvalue weighted by molar-refractivity contribution is 5.79. The molecule has 15 heavy (non-hydrogen) atoms. The van der Waals surface area contributed by atoms with E-state index in [0.29, 0.717) is 6.04 Å². The molecule has 2 N–H and O–H groups in total. The molecule has 0 aromatic heterocycles. The SMILES string of the molecule is CC(C)(C)C1CC(C(C)(C)C)C(=O)NN1. The highest BCUT2D eigenvalue weighted by Crippen LogP contribution is 2.35. The van der Waals surface area contributed by atoms with E-state index < -0.39 is 0 Å². The first kappa shape index (κ1) is 12.5. The zero-order valence-corrected chi connectivity index (χ0v) is 10.8. The van der Waals surface area contributed by atoms with E-state index in [9.17, 15) is 4.79 Å².